The zero-order valence-electron chi connectivity index (χ0n) is 15.6. The van der Waals surface area contributed by atoms with E-state index in [1.807, 2.05) is 0 Å². The summed E-state index contributed by atoms with van der Waals surface area (Å²) in [6.07, 6.45) is 2.84. The highest BCUT2D eigenvalue weighted by molar-refractivity contribution is 7.91. The number of amides is 1. The Balaban J connectivity index is 1.75. The third-order valence-corrected chi connectivity index (χ3v) is 7.15. The Morgan fingerprint density at radius 2 is 1.85 bits per heavy atom. The summed E-state index contributed by atoms with van der Waals surface area (Å²) in [5.41, 5.74) is 0. The highest BCUT2D eigenvalue weighted by atomic mass is 35.5. The predicted molar refractivity (Wildman–Crippen MR) is 103 cm³/mol. The van der Waals surface area contributed by atoms with Crippen LogP contribution in [-0.2, 0) is 24.2 Å². The van der Waals surface area contributed by atoms with Crippen molar-refractivity contribution >= 4 is 33.3 Å². The van der Waals surface area contributed by atoms with Crippen LogP contribution >= 0.6 is 11.6 Å². The molecule has 27 heavy (non-hydrogen) atoms. The van der Waals surface area contributed by atoms with E-state index in [-0.39, 0.29) is 29.0 Å². The van der Waals surface area contributed by atoms with E-state index in [0.29, 0.717) is 16.9 Å². The Kier molecular flexibility index (Phi) is 7.68. The molecule has 0 heterocycles. The SMILES string of the molecule is C[C@@H]1[C@H](C)CCC[C@H]1NC(=O)COC(=O)CCS(=O)(=O)c1ccc(Cl)cc1. The van der Waals surface area contributed by atoms with Crippen molar-refractivity contribution in [1.29, 1.82) is 0 Å². The smallest absolute Gasteiger partial charge is 0.307 e. The van der Waals surface area contributed by atoms with Crippen molar-refractivity contribution in [2.45, 2.75) is 50.5 Å². The van der Waals surface area contributed by atoms with Gasteiger partial charge in [0.25, 0.3) is 5.91 Å². The van der Waals surface area contributed by atoms with Crippen LogP contribution in [0.25, 0.3) is 0 Å². The Labute approximate surface area is 165 Å². The fourth-order valence-corrected chi connectivity index (χ4v) is 4.58. The molecule has 150 valence electrons. The Hall–Kier alpha value is -1.60. The molecule has 8 heteroatoms. The fraction of sp³-hybridized carbons (Fsp3) is 0.579. The minimum atomic E-state index is -3.61. The van der Waals surface area contributed by atoms with E-state index in [1.54, 1.807) is 0 Å². The van der Waals surface area contributed by atoms with E-state index in [9.17, 15) is 18.0 Å². The van der Waals surface area contributed by atoms with E-state index in [2.05, 4.69) is 19.2 Å². The van der Waals surface area contributed by atoms with Gasteiger partial charge in [-0.2, -0.15) is 0 Å². The van der Waals surface area contributed by atoms with Gasteiger partial charge >= 0.3 is 5.97 Å². The topological polar surface area (TPSA) is 89.5 Å². The molecule has 0 aromatic heterocycles. The molecule has 0 unspecified atom stereocenters. The van der Waals surface area contributed by atoms with Gasteiger partial charge in [-0.25, -0.2) is 8.42 Å². The van der Waals surface area contributed by atoms with Crippen LogP contribution in [0.4, 0.5) is 0 Å². The molecule has 0 aliphatic heterocycles. The van der Waals surface area contributed by atoms with Gasteiger partial charge in [-0.3, -0.25) is 9.59 Å². The molecular weight excluding hydrogens is 390 g/mol. The van der Waals surface area contributed by atoms with Crippen molar-refractivity contribution in [3.8, 4) is 0 Å². The molecule has 2 rings (SSSR count). The summed E-state index contributed by atoms with van der Waals surface area (Å²) in [6, 6.07) is 5.82. The van der Waals surface area contributed by atoms with Gasteiger partial charge in [0.1, 0.15) is 0 Å². The van der Waals surface area contributed by atoms with E-state index in [0.717, 1.165) is 19.3 Å². The second-order valence-electron chi connectivity index (χ2n) is 7.12. The maximum atomic E-state index is 12.2. The van der Waals surface area contributed by atoms with E-state index >= 15 is 0 Å². The molecule has 0 saturated heterocycles. The zero-order chi connectivity index (χ0) is 20.0. The Morgan fingerprint density at radius 1 is 1.19 bits per heavy atom. The maximum Gasteiger partial charge on any atom is 0.307 e. The van der Waals surface area contributed by atoms with Crippen LogP contribution < -0.4 is 5.32 Å². The number of rotatable bonds is 7. The summed E-state index contributed by atoms with van der Waals surface area (Å²) < 4.78 is 29.3. The number of sulfone groups is 1. The van der Waals surface area contributed by atoms with Crippen LogP contribution in [0.15, 0.2) is 29.2 Å². The van der Waals surface area contributed by atoms with Gasteiger partial charge in [0.2, 0.25) is 0 Å². The molecule has 0 bridgehead atoms. The van der Waals surface area contributed by atoms with Crippen molar-refractivity contribution in [2.24, 2.45) is 11.8 Å². The quantitative estimate of drug-likeness (QED) is 0.691. The van der Waals surface area contributed by atoms with E-state index in [4.69, 9.17) is 16.3 Å². The fourth-order valence-electron chi connectivity index (χ4n) is 3.23. The summed E-state index contributed by atoms with van der Waals surface area (Å²) in [6.45, 7) is 3.89. The predicted octanol–water partition coefficient (Wildman–Crippen LogP) is 2.99. The molecule has 1 saturated carbocycles. The average molecular weight is 416 g/mol. The molecule has 0 radical (unpaired) electrons. The second-order valence-corrected chi connectivity index (χ2v) is 9.67. The van der Waals surface area contributed by atoms with Crippen LogP contribution in [0.2, 0.25) is 5.02 Å². The number of carbonyl (C=O) groups is 2. The zero-order valence-corrected chi connectivity index (χ0v) is 17.2. The first-order chi connectivity index (χ1) is 12.7. The highest BCUT2D eigenvalue weighted by Crippen LogP contribution is 2.29. The van der Waals surface area contributed by atoms with E-state index in [1.165, 1.54) is 24.3 Å². The van der Waals surface area contributed by atoms with E-state index < -0.39 is 22.4 Å². The molecule has 1 aromatic carbocycles. The van der Waals surface area contributed by atoms with Crippen LogP contribution in [-0.4, -0.2) is 38.7 Å². The molecule has 1 aliphatic carbocycles. The molecule has 6 nitrogen and oxygen atoms in total. The Morgan fingerprint density at radius 3 is 2.52 bits per heavy atom. The minimum Gasteiger partial charge on any atom is -0.456 e. The average Bonchev–Trinajstić information content (AvgIpc) is 2.62. The first-order valence-corrected chi connectivity index (χ1v) is 11.2. The number of benzene rings is 1. The lowest BCUT2D eigenvalue weighted by molar-refractivity contribution is -0.148. The number of hydrogen-bond donors (Lipinski definition) is 1. The number of ether oxygens (including phenoxy) is 1. The van der Waals surface area contributed by atoms with Crippen LogP contribution in [0.3, 0.4) is 0 Å². The Bertz CT molecular complexity index is 763. The molecule has 1 aromatic rings. The minimum absolute atomic E-state index is 0.0882. The lowest BCUT2D eigenvalue weighted by Gasteiger charge is -2.34. The standard InChI is InChI=1S/C19H26ClNO5S/c1-13-4-3-5-17(14(13)2)21-18(22)12-26-19(23)10-11-27(24,25)16-8-6-15(20)7-9-16/h6-9,13-14,17H,3-5,10-12H2,1-2H3,(H,21,22)/t13-,14-,17-/m1/s1. The van der Waals surface area contributed by atoms with Crippen molar-refractivity contribution < 1.29 is 22.7 Å². The summed E-state index contributed by atoms with van der Waals surface area (Å²) in [5.74, 6) is -0.526. The first kappa shape index (κ1) is 21.7. The van der Waals surface area contributed by atoms with Crippen LogP contribution in [0, 0.1) is 11.8 Å². The number of nitrogens with one attached hydrogen (secondary N) is 1. The first-order valence-electron chi connectivity index (χ1n) is 9.12. The van der Waals surface area contributed by atoms with Crippen LogP contribution in [0.5, 0.6) is 0 Å². The summed E-state index contributed by atoms with van der Waals surface area (Å²) >= 11 is 5.74. The third kappa shape index (κ3) is 6.50. The third-order valence-electron chi connectivity index (χ3n) is 5.17. The number of halogens is 1. The summed E-state index contributed by atoms with van der Waals surface area (Å²) in [7, 11) is -3.61. The van der Waals surface area contributed by atoms with Crippen molar-refractivity contribution in [1.82, 2.24) is 5.32 Å². The second kappa shape index (κ2) is 9.55. The normalized spacial score (nSPS) is 22.9. The van der Waals surface area contributed by atoms with Crippen molar-refractivity contribution in [2.75, 3.05) is 12.4 Å². The van der Waals surface area contributed by atoms with Gasteiger partial charge in [0, 0.05) is 11.1 Å². The monoisotopic (exact) mass is 415 g/mol. The van der Waals surface area contributed by atoms with Gasteiger partial charge < -0.3 is 10.1 Å². The molecule has 0 spiro atoms. The number of esters is 1. The molecule has 1 N–H and O–H groups in total. The maximum absolute atomic E-state index is 12.2. The van der Waals surface area contributed by atoms with Gasteiger partial charge in [0.15, 0.2) is 16.4 Å². The molecule has 1 aliphatic rings. The number of hydrogen-bond acceptors (Lipinski definition) is 5. The molecule has 1 amide bonds. The lowest BCUT2D eigenvalue weighted by Crippen LogP contribution is -2.45. The van der Waals surface area contributed by atoms with Gasteiger partial charge in [0.05, 0.1) is 17.1 Å². The summed E-state index contributed by atoms with van der Waals surface area (Å²) in [4.78, 5) is 23.9. The highest BCUT2D eigenvalue weighted by Gasteiger charge is 2.28. The molecule has 3 atom stereocenters. The molecule has 1 fully saturated rings. The van der Waals surface area contributed by atoms with Gasteiger partial charge in [-0.05, 0) is 42.5 Å². The van der Waals surface area contributed by atoms with Gasteiger partial charge in [-0.15, -0.1) is 0 Å². The van der Waals surface area contributed by atoms with Crippen molar-refractivity contribution in [3.05, 3.63) is 29.3 Å². The van der Waals surface area contributed by atoms with Gasteiger partial charge in [-0.1, -0.05) is 38.3 Å². The van der Waals surface area contributed by atoms with Crippen LogP contribution in [0.1, 0.15) is 39.5 Å². The summed E-state index contributed by atoms with van der Waals surface area (Å²) in [5, 5.41) is 3.34. The number of carbonyl (C=O) groups excluding carboxylic acids is 2. The van der Waals surface area contributed by atoms with Crippen molar-refractivity contribution in [3.63, 3.8) is 0 Å². The molecular formula is C19H26ClNO5S. The lowest BCUT2D eigenvalue weighted by atomic mass is 9.78. The largest absolute Gasteiger partial charge is 0.456 e.